The number of aryl methyl sites for hydroxylation is 1. The fourth-order valence-electron chi connectivity index (χ4n) is 3.45. The third-order valence-corrected chi connectivity index (χ3v) is 6.18. The van der Waals surface area contributed by atoms with Gasteiger partial charge in [-0.1, -0.05) is 36.4 Å². The molecule has 0 atom stereocenters. The van der Waals surface area contributed by atoms with Gasteiger partial charge in [0, 0.05) is 47.6 Å². The molecule has 9 heteroatoms. The van der Waals surface area contributed by atoms with Crippen molar-refractivity contribution >= 4 is 28.8 Å². The molecule has 8 nitrogen and oxygen atoms in total. The van der Waals surface area contributed by atoms with Crippen LogP contribution >= 0.6 is 11.3 Å². The minimum atomic E-state index is -0.550. The van der Waals surface area contributed by atoms with Gasteiger partial charge in [0.05, 0.1) is 18.1 Å². The van der Waals surface area contributed by atoms with Gasteiger partial charge in [0.25, 0.3) is 11.6 Å². The molecule has 34 heavy (non-hydrogen) atoms. The van der Waals surface area contributed by atoms with Gasteiger partial charge in [-0.2, -0.15) is 0 Å². The van der Waals surface area contributed by atoms with Gasteiger partial charge in [0.15, 0.2) is 0 Å². The zero-order chi connectivity index (χ0) is 24.5. The first-order chi connectivity index (χ1) is 16.4. The molecule has 0 radical (unpaired) electrons. The summed E-state index contributed by atoms with van der Waals surface area (Å²) in [4.78, 5) is 42.5. The van der Waals surface area contributed by atoms with E-state index in [1.54, 1.807) is 16.2 Å². The maximum absolute atomic E-state index is 13.4. The van der Waals surface area contributed by atoms with Gasteiger partial charge in [-0.25, -0.2) is 0 Å². The molecular formula is C25H27N3O5S. The SMILES string of the molecule is COCCN(CC(=O)N(Cc1ccccc1)Cc1ccc(C)s1)C(=O)c1cccc([N+](=O)[O-])c1. The minimum Gasteiger partial charge on any atom is -0.383 e. The number of hydrogen-bond acceptors (Lipinski definition) is 6. The van der Waals surface area contributed by atoms with E-state index >= 15 is 0 Å². The Hall–Kier alpha value is -3.56. The van der Waals surface area contributed by atoms with Crippen molar-refractivity contribution in [2.45, 2.75) is 20.0 Å². The molecule has 0 fully saturated rings. The molecule has 1 aromatic heterocycles. The lowest BCUT2D eigenvalue weighted by molar-refractivity contribution is -0.384. The number of methoxy groups -OCH3 is 1. The molecule has 0 aliphatic carbocycles. The first kappa shape index (κ1) is 25.1. The Morgan fingerprint density at radius 3 is 2.41 bits per heavy atom. The Morgan fingerprint density at radius 2 is 1.76 bits per heavy atom. The largest absolute Gasteiger partial charge is 0.383 e. The molecule has 0 saturated heterocycles. The molecule has 0 aliphatic rings. The van der Waals surface area contributed by atoms with Crippen LogP contribution < -0.4 is 0 Å². The number of amides is 2. The number of non-ortho nitro benzene ring substituents is 1. The minimum absolute atomic E-state index is 0.154. The van der Waals surface area contributed by atoms with Crippen molar-refractivity contribution in [3.63, 3.8) is 0 Å². The molecule has 0 aliphatic heterocycles. The molecule has 2 amide bonds. The third-order valence-electron chi connectivity index (χ3n) is 5.19. The average molecular weight is 482 g/mol. The quantitative estimate of drug-likeness (QED) is 0.301. The first-order valence-corrected chi connectivity index (χ1v) is 11.6. The summed E-state index contributed by atoms with van der Waals surface area (Å²) in [6, 6.07) is 19.2. The number of thiophene rings is 1. The van der Waals surface area contributed by atoms with Crippen molar-refractivity contribution < 1.29 is 19.2 Å². The summed E-state index contributed by atoms with van der Waals surface area (Å²) in [5.74, 6) is -0.675. The van der Waals surface area contributed by atoms with Crippen LogP contribution in [0.15, 0.2) is 66.7 Å². The molecule has 3 rings (SSSR count). The second-order valence-corrected chi connectivity index (χ2v) is 9.15. The second-order valence-electron chi connectivity index (χ2n) is 7.77. The molecule has 2 aromatic carbocycles. The number of benzene rings is 2. The summed E-state index contributed by atoms with van der Waals surface area (Å²) < 4.78 is 5.13. The molecule has 0 spiro atoms. The van der Waals surface area contributed by atoms with E-state index in [0.717, 1.165) is 15.3 Å². The molecule has 0 bridgehead atoms. The van der Waals surface area contributed by atoms with Crippen LogP contribution in [0.5, 0.6) is 0 Å². The molecule has 0 unspecified atom stereocenters. The van der Waals surface area contributed by atoms with Crippen LogP contribution in [0.4, 0.5) is 5.69 Å². The highest BCUT2D eigenvalue weighted by atomic mass is 32.1. The van der Waals surface area contributed by atoms with Crippen LogP contribution in [-0.4, -0.2) is 53.3 Å². The number of carbonyl (C=O) groups is 2. The van der Waals surface area contributed by atoms with E-state index < -0.39 is 10.8 Å². The Kier molecular flexibility index (Phi) is 8.89. The summed E-state index contributed by atoms with van der Waals surface area (Å²) in [6.07, 6.45) is 0. The highest BCUT2D eigenvalue weighted by Crippen LogP contribution is 2.20. The normalized spacial score (nSPS) is 10.6. The number of ether oxygens (including phenoxy) is 1. The highest BCUT2D eigenvalue weighted by molar-refractivity contribution is 7.11. The molecule has 1 heterocycles. The van der Waals surface area contributed by atoms with Crippen LogP contribution in [0.3, 0.4) is 0 Å². The zero-order valence-corrected chi connectivity index (χ0v) is 20.0. The van der Waals surface area contributed by atoms with Gasteiger partial charge < -0.3 is 14.5 Å². The number of nitro benzene ring substituents is 1. The average Bonchev–Trinajstić information content (AvgIpc) is 3.26. The van der Waals surface area contributed by atoms with Crippen molar-refractivity contribution in [2.24, 2.45) is 0 Å². The van der Waals surface area contributed by atoms with E-state index in [9.17, 15) is 19.7 Å². The van der Waals surface area contributed by atoms with Crippen molar-refractivity contribution in [2.75, 3.05) is 26.8 Å². The summed E-state index contributed by atoms with van der Waals surface area (Å²) in [5.41, 5.74) is 0.960. The van der Waals surface area contributed by atoms with E-state index in [4.69, 9.17) is 4.74 Å². The number of rotatable bonds is 11. The Labute approximate surface area is 202 Å². The fraction of sp³-hybridized carbons (Fsp3) is 0.280. The van der Waals surface area contributed by atoms with Gasteiger partial charge in [-0.05, 0) is 30.7 Å². The van der Waals surface area contributed by atoms with Crippen molar-refractivity contribution in [1.82, 2.24) is 9.80 Å². The number of nitrogens with zero attached hydrogens (tertiary/aromatic N) is 3. The molecule has 3 aromatic rings. The van der Waals surface area contributed by atoms with Crippen LogP contribution in [0.1, 0.15) is 25.7 Å². The van der Waals surface area contributed by atoms with E-state index in [0.29, 0.717) is 13.1 Å². The van der Waals surface area contributed by atoms with Crippen LogP contribution in [-0.2, 0) is 22.6 Å². The van der Waals surface area contributed by atoms with E-state index in [1.807, 2.05) is 49.4 Å². The lowest BCUT2D eigenvalue weighted by Crippen LogP contribution is -2.43. The number of nitro groups is 1. The maximum atomic E-state index is 13.4. The maximum Gasteiger partial charge on any atom is 0.270 e. The Morgan fingerprint density at radius 1 is 1.00 bits per heavy atom. The van der Waals surface area contributed by atoms with Crippen LogP contribution in [0, 0.1) is 17.0 Å². The van der Waals surface area contributed by atoms with E-state index in [1.165, 1.54) is 36.3 Å². The highest BCUT2D eigenvalue weighted by Gasteiger charge is 2.24. The van der Waals surface area contributed by atoms with Gasteiger partial charge in [-0.15, -0.1) is 11.3 Å². The summed E-state index contributed by atoms with van der Waals surface area (Å²) >= 11 is 1.63. The predicted octanol–water partition coefficient (Wildman–Crippen LogP) is 4.28. The zero-order valence-electron chi connectivity index (χ0n) is 19.2. The molecular weight excluding hydrogens is 454 g/mol. The number of carbonyl (C=O) groups excluding carboxylic acids is 2. The first-order valence-electron chi connectivity index (χ1n) is 10.8. The van der Waals surface area contributed by atoms with Gasteiger partial charge >= 0.3 is 0 Å². The monoisotopic (exact) mass is 481 g/mol. The van der Waals surface area contributed by atoms with Gasteiger partial charge in [-0.3, -0.25) is 19.7 Å². The van der Waals surface area contributed by atoms with Crippen molar-refractivity contribution in [3.8, 4) is 0 Å². The molecule has 0 N–H and O–H groups in total. The standard InChI is InChI=1S/C25H27N3O5S/c1-19-11-12-23(34-19)17-27(16-20-7-4-3-5-8-20)24(29)18-26(13-14-33-2)25(30)21-9-6-10-22(15-21)28(31)32/h3-12,15H,13-14,16-18H2,1-2H3. The molecule has 0 saturated carbocycles. The summed E-state index contributed by atoms with van der Waals surface area (Å²) in [6.45, 7) is 3.09. The topological polar surface area (TPSA) is 93.0 Å². The lowest BCUT2D eigenvalue weighted by Gasteiger charge is -2.27. The Balaban J connectivity index is 1.82. The summed E-state index contributed by atoms with van der Waals surface area (Å²) in [7, 11) is 1.51. The summed E-state index contributed by atoms with van der Waals surface area (Å²) in [5, 5.41) is 11.1. The van der Waals surface area contributed by atoms with Crippen LogP contribution in [0.2, 0.25) is 0 Å². The smallest absolute Gasteiger partial charge is 0.270 e. The number of hydrogen-bond donors (Lipinski definition) is 0. The predicted molar refractivity (Wildman–Crippen MR) is 131 cm³/mol. The fourth-order valence-corrected chi connectivity index (χ4v) is 4.35. The Bertz CT molecular complexity index is 1130. The van der Waals surface area contributed by atoms with Gasteiger partial charge in [0.1, 0.15) is 6.54 Å². The van der Waals surface area contributed by atoms with Crippen LogP contribution in [0.25, 0.3) is 0 Å². The molecule has 178 valence electrons. The lowest BCUT2D eigenvalue weighted by atomic mass is 10.1. The van der Waals surface area contributed by atoms with Crippen molar-refractivity contribution in [3.05, 3.63) is 97.7 Å². The van der Waals surface area contributed by atoms with E-state index in [-0.39, 0.29) is 36.9 Å². The van der Waals surface area contributed by atoms with Gasteiger partial charge in [0.2, 0.25) is 5.91 Å². The second kappa shape index (κ2) is 12.1. The third kappa shape index (κ3) is 6.97. The van der Waals surface area contributed by atoms with Crippen molar-refractivity contribution in [1.29, 1.82) is 0 Å². The van der Waals surface area contributed by atoms with E-state index in [2.05, 4.69) is 0 Å².